The lowest BCUT2D eigenvalue weighted by molar-refractivity contribution is 0.0347. The van der Waals surface area contributed by atoms with Crippen LogP contribution < -0.4 is 0 Å². The molecule has 0 aromatic rings. The molecule has 15 heavy (non-hydrogen) atoms. The average molecular weight is 210 g/mol. The summed E-state index contributed by atoms with van der Waals surface area (Å²) in [6.45, 7) is 10.8. The van der Waals surface area contributed by atoms with Crippen LogP contribution in [0.3, 0.4) is 0 Å². The minimum atomic E-state index is 0.662. The molecule has 1 heteroatoms. The van der Waals surface area contributed by atoms with Crippen molar-refractivity contribution in [2.45, 2.75) is 40.5 Å². The molecule has 0 heterocycles. The highest BCUT2D eigenvalue weighted by Crippen LogP contribution is 2.35. The van der Waals surface area contributed by atoms with E-state index < -0.39 is 0 Å². The van der Waals surface area contributed by atoms with Gasteiger partial charge in [0.15, 0.2) is 0 Å². The molecule has 0 aromatic carbocycles. The van der Waals surface area contributed by atoms with Crippen molar-refractivity contribution in [1.29, 1.82) is 0 Å². The van der Waals surface area contributed by atoms with Crippen molar-refractivity contribution in [1.82, 2.24) is 0 Å². The molecule has 0 radical (unpaired) electrons. The first-order chi connectivity index (χ1) is 7.09. The van der Waals surface area contributed by atoms with Gasteiger partial charge in [-0.3, -0.25) is 0 Å². The summed E-state index contributed by atoms with van der Waals surface area (Å²) >= 11 is 0. The van der Waals surface area contributed by atoms with Crippen molar-refractivity contribution in [3.63, 3.8) is 0 Å². The topological polar surface area (TPSA) is 9.23 Å². The predicted octanol–water partition coefficient (Wildman–Crippen LogP) is 3.90. The van der Waals surface area contributed by atoms with Crippen molar-refractivity contribution in [2.24, 2.45) is 23.7 Å². The second-order valence-corrected chi connectivity index (χ2v) is 5.56. The molecule has 0 aromatic heterocycles. The number of hydrogen-bond acceptors (Lipinski definition) is 1. The summed E-state index contributed by atoms with van der Waals surface area (Å²) in [7, 11) is 0. The lowest BCUT2D eigenvalue weighted by Gasteiger charge is -2.34. The highest BCUT2D eigenvalue weighted by atomic mass is 16.5. The van der Waals surface area contributed by atoms with E-state index in [4.69, 9.17) is 4.74 Å². The van der Waals surface area contributed by atoms with Crippen LogP contribution in [0.25, 0.3) is 0 Å². The maximum atomic E-state index is 5.70. The van der Waals surface area contributed by atoms with Crippen molar-refractivity contribution < 1.29 is 4.74 Å². The van der Waals surface area contributed by atoms with E-state index in [1.807, 2.05) is 0 Å². The first-order valence-corrected chi connectivity index (χ1v) is 6.35. The molecule has 1 rings (SSSR count). The second kappa shape index (κ2) is 6.32. The summed E-state index contributed by atoms with van der Waals surface area (Å²) in [5, 5.41) is 0. The van der Waals surface area contributed by atoms with Gasteiger partial charge in [0.05, 0.1) is 0 Å². The second-order valence-electron chi connectivity index (χ2n) is 5.56. The number of ether oxygens (including phenoxy) is 1. The number of hydrogen-bond donors (Lipinski definition) is 0. The van der Waals surface area contributed by atoms with E-state index in [2.05, 4.69) is 39.8 Å². The van der Waals surface area contributed by atoms with E-state index in [0.29, 0.717) is 11.8 Å². The Balaban J connectivity index is 2.15. The van der Waals surface area contributed by atoms with Gasteiger partial charge < -0.3 is 4.74 Å². The lowest BCUT2D eigenvalue weighted by Crippen LogP contribution is -2.29. The van der Waals surface area contributed by atoms with E-state index in [1.54, 1.807) is 0 Å². The van der Waals surface area contributed by atoms with E-state index in [-0.39, 0.29) is 0 Å². The zero-order valence-corrected chi connectivity index (χ0v) is 10.7. The van der Waals surface area contributed by atoms with Crippen LogP contribution in [0.4, 0.5) is 0 Å². The van der Waals surface area contributed by atoms with Crippen LogP contribution in [0, 0.1) is 23.7 Å². The molecular formula is C14H26O. The van der Waals surface area contributed by atoms with Gasteiger partial charge in [-0.1, -0.05) is 39.8 Å². The Morgan fingerprint density at radius 3 is 2.40 bits per heavy atom. The fourth-order valence-electron chi connectivity index (χ4n) is 1.88. The number of rotatable bonds is 6. The SMILES string of the molecule is CC(C)/C=C/C1CCC1COCC(C)C. The van der Waals surface area contributed by atoms with Crippen LogP contribution >= 0.6 is 0 Å². The summed E-state index contributed by atoms with van der Waals surface area (Å²) < 4.78 is 5.70. The van der Waals surface area contributed by atoms with Gasteiger partial charge in [0.25, 0.3) is 0 Å². The predicted molar refractivity (Wildman–Crippen MR) is 65.8 cm³/mol. The molecule has 1 aliphatic carbocycles. The zero-order chi connectivity index (χ0) is 11.3. The zero-order valence-electron chi connectivity index (χ0n) is 10.7. The molecule has 1 nitrogen and oxygen atoms in total. The molecule has 1 saturated carbocycles. The summed E-state index contributed by atoms with van der Waals surface area (Å²) in [5.74, 6) is 2.93. The van der Waals surface area contributed by atoms with Crippen molar-refractivity contribution in [2.75, 3.05) is 13.2 Å². The molecule has 0 saturated heterocycles. The Bertz CT molecular complexity index is 194. The highest BCUT2D eigenvalue weighted by Gasteiger charge is 2.28. The third-order valence-corrected chi connectivity index (χ3v) is 3.00. The molecule has 1 aliphatic rings. The van der Waals surface area contributed by atoms with Crippen LogP contribution in [-0.4, -0.2) is 13.2 Å². The van der Waals surface area contributed by atoms with Crippen LogP contribution in [-0.2, 0) is 4.74 Å². The van der Waals surface area contributed by atoms with Crippen LogP contribution in [0.2, 0.25) is 0 Å². The minimum absolute atomic E-state index is 0.662. The standard InChI is InChI=1S/C14H26O/c1-11(2)5-6-13-7-8-14(13)10-15-9-12(3)4/h5-6,11-14H,7-10H2,1-4H3/b6-5+. The minimum Gasteiger partial charge on any atom is -0.381 e. The van der Waals surface area contributed by atoms with Crippen LogP contribution in [0.15, 0.2) is 12.2 Å². The molecular weight excluding hydrogens is 184 g/mol. The third-order valence-electron chi connectivity index (χ3n) is 3.00. The van der Waals surface area contributed by atoms with E-state index in [1.165, 1.54) is 12.8 Å². The van der Waals surface area contributed by atoms with Gasteiger partial charge in [0.2, 0.25) is 0 Å². The summed E-state index contributed by atoms with van der Waals surface area (Å²) in [6.07, 6.45) is 7.45. The smallest absolute Gasteiger partial charge is 0.0500 e. The van der Waals surface area contributed by atoms with Gasteiger partial charge in [-0.05, 0) is 36.5 Å². The first kappa shape index (κ1) is 12.8. The summed E-state index contributed by atoms with van der Waals surface area (Å²) in [6, 6.07) is 0. The molecule has 0 amide bonds. The quantitative estimate of drug-likeness (QED) is 0.604. The van der Waals surface area contributed by atoms with Gasteiger partial charge in [-0.2, -0.15) is 0 Å². The maximum absolute atomic E-state index is 5.70. The Morgan fingerprint density at radius 2 is 1.93 bits per heavy atom. The Hall–Kier alpha value is -0.300. The van der Waals surface area contributed by atoms with Crippen molar-refractivity contribution in [3.8, 4) is 0 Å². The maximum Gasteiger partial charge on any atom is 0.0500 e. The molecule has 88 valence electrons. The van der Waals surface area contributed by atoms with Crippen LogP contribution in [0.1, 0.15) is 40.5 Å². The van der Waals surface area contributed by atoms with Crippen molar-refractivity contribution >= 4 is 0 Å². The molecule has 0 N–H and O–H groups in total. The molecule has 0 aliphatic heterocycles. The Labute approximate surface area is 94.9 Å². The largest absolute Gasteiger partial charge is 0.381 e. The number of allylic oxidation sites excluding steroid dienone is 2. The fraction of sp³-hybridized carbons (Fsp3) is 0.857. The molecule has 2 atom stereocenters. The van der Waals surface area contributed by atoms with E-state index in [0.717, 1.165) is 25.0 Å². The van der Waals surface area contributed by atoms with Gasteiger partial charge >= 0.3 is 0 Å². The molecule has 2 unspecified atom stereocenters. The summed E-state index contributed by atoms with van der Waals surface area (Å²) in [5.41, 5.74) is 0. The van der Waals surface area contributed by atoms with E-state index >= 15 is 0 Å². The van der Waals surface area contributed by atoms with Gasteiger partial charge in [0, 0.05) is 13.2 Å². The molecule has 1 fully saturated rings. The average Bonchev–Trinajstić information content (AvgIpc) is 2.09. The first-order valence-electron chi connectivity index (χ1n) is 6.35. The van der Waals surface area contributed by atoms with Crippen LogP contribution in [0.5, 0.6) is 0 Å². The molecule has 0 bridgehead atoms. The monoisotopic (exact) mass is 210 g/mol. The van der Waals surface area contributed by atoms with Gasteiger partial charge in [-0.15, -0.1) is 0 Å². The lowest BCUT2D eigenvalue weighted by atomic mass is 9.74. The highest BCUT2D eigenvalue weighted by molar-refractivity contribution is 4.98. The fourth-order valence-corrected chi connectivity index (χ4v) is 1.88. The van der Waals surface area contributed by atoms with Gasteiger partial charge in [0.1, 0.15) is 0 Å². The normalized spacial score (nSPS) is 26.5. The van der Waals surface area contributed by atoms with Gasteiger partial charge in [-0.25, -0.2) is 0 Å². The van der Waals surface area contributed by atoms with E-state index in [9.17, 15) is 0 Å². The third kappa shape index (κ3) is 4.83. The molecule has 0 spiro atoms. The Morgan fingerprint density at radius 1 is 1.20 bits per heavy atom. The Kier molecular flexibility index (Phi) is 5.38. The van der Waals surface area contributed by atoms with Crippen molar-refractivity contribution in [3.05, 3.63) is 12.2 Å². The summed E-state index contributed by atoms with van der Waals surface area (Å²) in [4.78, 5) is 0.